The average molecular weight is 470 g/mol. The first-order valence-electron chi connectivity index (χ1n) is 9.34. The van der Waals surface area contributed by atoms with Crippen molar-refractivity contribution in [3.63, 3.8) is 0 Å². The van der Waals surface area contributed by atoms with Gasteiger partial charge in [-0.05, 0) is 45.7 Å². The van der Waals surface area contributed by atoms with E-state index in [0.717, 1.165) is 5.56 Å². The molecule has 9 nitrogen and oxygen atoms in total. The van der Waals surface area contributed by atoms with E-state index in [4.69, 9.17) is 21.1 Å². The maximum absolute atomic E-state index is 11.8. The minimum absolute atomic E-state index is 0.0201. The predicted octanol–water partition coefficient (Wildman–Crippen LogP) is 2.25. The molecule has 0 saturated heterocycles. The van der Waals surface area contributed by atoms with Crippen LogP contribution >= 0.6 is 0 Å². The molecule has 0 radical (unpaired) electrons. The fourth-order valence-electron chi connectivity index (χ4n) is 1.65. The molecule has 1 amide bonds. The number of carbonyl (C=O) groups excluding carboxylic acids is 1. The largest absolute Gasteiger partial charge is 0.478 e. The number of primary amides is 1. The van der Waals surface area contributed by atoms with Crippen LogP contribution in [0.25, 0.3) is 0 Å². The molecule has 0 unspecified atom stereocenters. The van der Waals surface area contributed by atoms with Gasteiger partial charge in [-0.25, -0.2) is 18.0 Å². The molecule has 5 N–H and O–H groups in total. The standard InChI is InChI=1S/C11H13NO3S.C6H10O3.C5H8O2/c1-8-3-5-10(6-4-8)16(14,15)7-9(2)11(12)13;1-5(6(8)9)3-2-4-7;1-3-4(2)5(6)7/h3-6H,2,7H2,1H3,(H2,12,13);7H,1-4H2,(H,8,9);3H,1-2H3,(H,6,7). The van der Waals surface area contributed by atoms with Crippen molar-refractivity contribution in [3.8, 4) is 0 Å². The van der Waals surface area contributed by atoms with Crippen LogP contribution in [0, 0.1) is 6.92 Å². The zero-order chi connectivity index (χ0) is 25.5. The Morgan fingerprint density at radius 2 is 1.53 bits per heavy atom. The highest BCUT2D eigenvalue weighted by molar-refractivity contribution is 7.91. The van der Waals surface area contributed by atoms with E-state index in [0.29, 0.717) is 18.4 Å². The van der Waals surface area contributed by atoms with Gasteiger partial charge in [0.15, 0.2) is 9.84 Å². The number of carboxylic acid groups (broad SMARTS) is 2. The molecule has 10 heteroatoms. The third-order valence-corrected chi connectivity index (χ3v) is 5.52. The molecule has 0 spiro atoms. The molecule has 0 bridgehead atoms. The van der Waals surface area contributed by atoms with Gasteiger partial charge in [0.1, 0.15) is 0 Å². The second-order valence-corrected chi connectivity index (χ2v) is 8.54. The van der Waals surface area contributed by atoms with Gasteiger partial charge in [0.05, 0.1) is 10.6 Å². The van der Waals surface area contributed by atoms with Crippen molar-refractivity contribution >= 4 is 27.7 Å². The van der Waals surface area contributed by atoms with E-state index in [1.165, 1.54) is 12.1 Å². The Kier molecular flexibility index (Phi) is 15.0. The number of carbonyl (C=O) groups is 3. The third kappa shape index (κ3) is 13.9. The number of hydrogen-bond donors (Lipinski definition) is 4. The van der Waals surface area contributed by atoms with Gasteiger partial charge in [0, 0.05) is 23.3 Å². The molecular formula is C22H31NO8S. The molecule has 178 valence electrons. The van der Waals surface area contributed by atoms with Crippen LogP contribution in [0.2, 0.25) is 0 Å². The fourth-order valence-corrected chi connectivity index (χ4v) is 2.97. The second-order valence-electron chi connectivity index (χ2n) is 6.55. The van der Waals surface area contributed by atoms with Gasteiger partial charge in [-0.3, -0.25) is 4.79 Å². The van der Waals surface area contributed by atoms with E-state index >= 15 is 0 Å². The number of aliphatic hydroxyl groups excluding tert-OH is 1. The minimum Gasteiger partial charge on any atom is -0.478 e. The fraction of sp³-hybridized carbons (Fsp3) is 0.318. The quantitative estimate of drug-likeness (QED) is 0.399. The molecule has 1 aromatic carbocycles. The van der Waals surface area contributed by atoms with Crippen molar-refractivity contribution in [2.75, 3.05) is 12.4 Å². The maximum Gasteiger partial charge on any atom is 0.330 e. The molecular weight excluding hydrogens is 438 g/mol. The number of aryl methyl sites for hydroxylation is 1. The predicted molar refractivity (Wildman–Crippen MR) is 122 cm³/mol. The monoisotopic (exact) mass is 469 g/mol. The molecule has 0 aromatic heterocycles. The van der Waals surface area contributed by atoms with E-state index in [1.807, 2.05) is 6.92 Å². The molecule has 0 aliphatic carbocycles. The lowest BCUT2D eigenvalue weighted by atomic mass is 10.2. The van der Waals surface area contributed by atoms with Gasteiger partial charge < -0.3 is 21.1 Å². The van der Waals surface area contributed by atoms with Crippen LogP contribution in [-0.4, -0.2) is 53.9 Å². The summed E-state index contributed by atoms with van der Waals surface area (Å²) >= 11 is 0. The topological polar surface area (TPSA) is 172 Å². The molecule has 0 aliphatic rings. The maximum atomic E-state index is 11.8. The van der Waals surface area contributed by atoms with Crippen LogP contribution in [0.5, 0.6) is 0 Å². The molecule has 0 heterocycles. The number of aliphatic hydroxyl groups is 1. The Labute approximate surface area is 188 Å². The Balaban J connectivity index is 0. The van der Waals surface area contributed by atoms with E-state index in [9.17, 15) is 22.8 Å². The molecule has 1 rings (SSSR count). The Morgan fingerprint density at radius 1 is 1.03 bits per heavy atom. The van der Waals surface area contributed by atoms with Crippen LogP contribution in [0.3, 0.4) is 0 Å². The van der Waals surface area contributed by atoms with Crippen LogP contribution in [0.15, 0.2) is 65.1 Å². The van der Waals surface area contributed by atoms with Gasteiger partial charge >= 0.3 is 11.9 Å². The first-order valence-corrected chi connectivity index (χ1v) is 11.0. The van der Waals surface area contributed by atoms with Crippen LogP contribution in [-0.2, 0) is 24.2 Å². The zero-order valence-electron chi connectivity index (χ0n) is 18.5. The summed E-state index contributed by atoms with van der Waals surface area (Å²) in [4.78, 5) is 30.8. The van der Waals surface area contributed by atoms with Crippen molar-refractivity contribution in [3.05, 3.63) is 65.8 Å². The normalized spacial score (nSPS) is 10.6. The zero-order valence-corrected chi connectivity index (χ0v) is 19.3. The summed E-state index contributed by atoms with van der Waals surface area (Å²) in [5.41, 5.74) is 6.34. The summed E-state index contributed by atoms with van der Waals surface area (Å²) in [5, 5.41) is 24.6. The molecule has 0 fully saturated rings. The van der Waals surface area contributed by atoms with Crippen molar-refractivity contribution in [2.24, 2.45) is 5.73 Å². The highest BCUT2D eigenvalue weighted by Crippen LogP contribution is 2.14. The van der Waals surface area contributed by atoms with E-state index in [-0.39, 0.29) is 22.6 Å². The molecule has 0 saturated carbocycles. The van der Waals surface area contributed by atoms with Gasteiger partial charge in [-0.1, -0.05) is 36.9 Å². The second kappa shape index (κ2) is 15.5. The van der Waals surface area contributed by atoms with Crippen molar-refractivity contribution in [1.82, 2.24) is 0 Å². The van der Waals surface area contributed by atoms with Crippen LogP contribution in [0.1, 0.15) is 32.3 Å². The summed E-state index contributed by atoms with van der Waals surface area (Å²) in [6.07, 6.45) is 2.40. The number of rotatable bonds is 9. The highest BCUT2D eigenvalue weighted by Gasteiger charge is 2.17. The Morgan fingerprint density at radius 3 is 1.84 bits per heavy atom. The SMILES string of the molecule is C=C(CCCO)C(=O)O.C=C(CS(=O)(=O)c1ccc(C)cc1)C(N)=O.CC=C(C)C(=O)O. The third-order valence-electron chi connectivity index (χ3n) is 3.80. The van der Waals surface area contributed by atoms with Crippen molar-refractivity contribution in [2.45, 2.75) is 38.5 Å². The molecule has 1 aromatic rings. The highest BCUT2D eigenvalue weighted by atomic mass is 32.2. The average Bonchev–Trinajstić information content (AvgIpc) is 2.71. The number of hydrogen-bond acceptors (Lipinski definition) is 6. The summed E-state index contributed by atoms with van der Waals surface area (Å²) < 4.78 is 23.6. The number of carboxylic acids is 2. The Hall–Kier alpha value is -3.24. The molecule has 0 aliphatic heterocycles. The van der Waals surface area contributed by atoms with Crippen molar-refractivity contribution < 1.29 is 38.1 Å². The van der Waals surface area contributed by atoms with Crippen LogP contribution in [0.4, 0.5) is 0 Å². The lowest BCUT2D eigenvalue weighted by molar-refractivity contribution is -0.133. The lowest BCUT2D eigenvalue weighted by Crippen LogP contribution is -2.20. The van der Waals surface area contributed by atoms with E-state index < -0.39 is 33.4 Å². The number of aliphatic carboxylic acids is 2. The van der Waals surface area contributed by atoms with Gasteiger partial charge in [-0.15, -0.1) is 0 Å². The van der Waals surface area contributed by atoms with Gasteiger partial charge in [0.2, 0.25) is 5.91 Å². The van der Waals surface area contributed by atoms with Crippen molar-refractivity contribution in [1.29, 1.82) is 0 Å². The number of nitrogens with two attached hydrogens (primary N) is 1. The molecule has 0 atom stereocenters. The van der Waals surface area contributed by atoms with E-state index in [2.05, 4.69) is 13.2 Å². The van der Waals surface area contributed by atoms with Gasteiger partial charge in [0.25, 0.3) is 0 Å². The lowest BCUT2D eigenvalue weighted by Gasteiger charge is -2.04. The summed E-state index contributed by atoms with van der Waals surface area (Å²) in [6.45, 7) is 11.7. The van der Waals surface area contributed by atoms with E-state index in [1.54, 1.807) is 32.1 Å². The number of allylic oxidation sites excluding steroid dienone is 1. The summed E-state index contributed by atoms with van der Waals surface area (Å²) in [5.74, 6) is -3.06. The minimum atomic E-state index is -3.52. The first kappa shape index (κ1) is 30.9. The number of amides is 1. The summed E-state index contributed by atoms with van der Waals surface area (Å²) in [6, 6.07) is 6.39. The smallest absolute Gasteiger partial charge is 0.330 e. The number of benzene rings is 1. The first-order chi connectivity index (χ1) is 14.7. The number of sulfone groups is 1. The van der Waals surface area contributed by atoms with Crippen LogP contribution < -0.4 is 5.73 Å². The van der Waals surface area contributed by atoms with Gasteiger partial charge in [-0.2, -0.15) is 0 Å². The Bertz CT molecular complexity index is 945. The summed E-state index contributed by atoms with van der Waals surface area (Å²) in [7, 11) is -3.52. The molecule has 32 heavy (non-hydrogen) atoms.